The lowest BCUT2D eigenvalue weighted by molar-refractivity contribution is -0.384. The highest BCUT2D eigenvalue weighted by atomic mass is 35.5. The van der Waals surface area contributed by atoms with Crippen LogP contribution >= 0.6 is 23.8 Å². The lowest BCUT2D eigenvalue weighted by Crippen LogP contribution is -2.51. The maximum Gasteiger partial charge on any atom is 0.269 e. The van der Waals surface area contributed by atoms with Crippen LogP contribution in [0.15, 0.2) is 64.9 Å². The maximum absolute atomic E-state index is 13.5. The van der Waals surface area contributed by atoms with E-state index in [0.29, 0.717) is 10.5 Å². The number of ether oxygens (including phenoxy) is 2. The standard InChI is InChI=1S/C25H25ClN2O7S2/c1-25(2,3)23(30)22(35-17-9-11-18(12-10-17)37(4)33)21(27-19(26)13-20(27)29)24(36)34-14-15-5-7-16(8-6-15)28(31)32/h5-12,19H,13-14H2,1-4H3. The molecule has 9 nitrogen and oxygen atoms in total. The molecule has 1 heterocycles. The normalized spacial score (nSPS) is 16.8. The van der Waals surface area contributed by atoms with Crippen molar-refractivity contribution < 1.29 is 28.2 Å². The molecule has 0 spiro atoms. The molecule has 1 aliphatic rings. The minimum Gasteiger partial charge on any atom is -0.477 e. The van der Waals surface area contributed by atoms with Crippen molar-refractivity contribution in [1.82, 2.24) is 4.90 Å². The number of halogens is 1. The Morgan fingerprint density at radius 3 is 2.24 bits per heavy atom. The molecular formula is C25H25ClN2O7S2. The number of carbonyl (C=O) groups excluding carboxylic acids is 2. The number of nitro benzene ring substituents is 1. The summed E-state index contributed by atoms with van der Waals surface area (Å²) in [6.07, 6.45) is 1.59. The highest BCUT2D eigenvalue weighted by Gasteiger charge is 2.43. The van der Waals surface area contributed by atoms with E-state index in [1.807, 2.05) is 0 Å². The number of non-ortho nitro benzene ring substituents is 1. The predicted molar refractivity (Wildman–Crippen MR) is 142 cm³/mol. The van der Waals surface area contributed by atoms with Crippen molar-refractivity contribution in [1.29, 1.82) is 0 Å². The summed E-state index contributed by atoms with van der Waals surface area (Å²) in [7, 11) is -1.21. The number of nitro groups is 1. The number of carbonyl (C=O) groups is 2. The molecule has 0 N–H and O–H groups in total. The number of amides is 1. The van der Waals surface area contributed by atoms with Gasteiger partial charge in [-0.25, -0.2) is 0 Å². The molecule has 0 radical (unpaired) electrons. The number of ketones is 1. The molecule has 0 bridgehead atoms. The second-order valence-corrected chi connectivity index (χ2v) is 11.4. The smallest absolute Gasteiger partial charge is 0.269 e. The van der Waals surface area contributed by atoms with Gasteiger partial charge in [-0.1, -0.05) is 32.4 Å². The van der Waals surface area contributed by atoms with Gasteiger partial charge in [0.1, 0.15) is 23.6 Å². The number of rotatable bonds is 9. The Balaban J connectivity index is 2.02. The van der Waals surface area contributed by atoms with Crippen LogP contribution in [0.3, 0.4) is 0 Å². The molecule has 2 aromatic rings. The van der Waals surface area contributed by atoms with E-state index >= 15 is 0 Å². The number of benzene rings is 2. The number of hydrogen-bond donors (Lipinski definition) is 0. The first-order valence-electron chi connectivity index (χ1n) is 11.1. The minimum absolute atomic E-state index is 0.0457. The van der Waals surface area contributed by atoms with Gasteiger partial charge < -0.3 is 9.47 Å². The third-order valence-corrected chi connectivity index (χ3v) is 6.92. The molecule has 1 fully saturated rings. The molecule has 0 aliphatic carbocycles. The van der Waals surface area contributed by atoms with Crippen molar-refractivity contribution in [3.05, 3.63) is 75.7 Å². The van der Waals surface area contributed by atoms with E-state index in [4.69, 9.17) is 33.3 Å². The van der Waals surface area contributed by atoms with E-state index in [1.165, 1.54) is 24.3 Å². The fraction of sp³-hybridized carbons (Fsp3) is 0.320. The summed E-state index contributed by atoms with van der Waals surface area (Å²) >= 11 is 11.8. The van der Waals surface area contributed by atoms with E-state index in [0.717, 1.165) is 4.90 Å². The lowest BCUT2D eigenvalue weighted by atomic mass is 9.88. The van der Waals surface area contributed by atoms with E-state index in [2.05, 4.69) is 0 Å². The number of hydrogen-bond acceptors (Lipinski definition) is 8. The van der Waals surface area contributed by atoms with Crippen LogP contribution in [-0.4, -0.2) is 42.5 Å². The van der Waals surface area contributed by atoms with Gasteiger partial charge in [-0.3, -0.25) is 28.8 Å². The van der Waals surface area contributed by atoms with Gasteiger partial charge in [0.15, 0.2) is 5.76 Å². The molecule has 2 aromatic carbocycles. The third-order valence-electron chi connectivity index (χ3n) is 5.32. The lowest BCUT2D eigenvalue weighted by Gasteiger charge is -2.38. The van der Waals surface area contributed by atoms with Crippen LogP contribution < -0.4 is 4.74 Å². The minimum atomic E-state index is -1.21. The Morgan fingerprint density at radius 1 is 1.19 bits per heavy atom. The Hall–Kier alpha value is -3.15. The van der Waals surface area contributed by atoms with Crippen molar-refractivity contribution in [2.75, 3.05) is 6.26 Å². The SMILES string of the molecule is CS(=O)c1ccc(OC(C(=O)C(C)(C)C)=C(C(=S)OCc2ccc([N+](=O)[O-])cc2)N2C(=O)CC2Cl)cc1. The summed E-state index contributed by atoms with van der Waals surface area (Å²) in [5.41, 5.74) is -1.25. The Labute approximate surface area is 227 Å². The summed E-state index contributed by atoms with van der Waals surface area (Å²) in [5, 5.41) is 10.7. The summed E-state index contributed by atoms with van der Waals surface area (Å²) in [5.74, 6) is -0.770. The second kappa shape index (κ2) is 11.5. The van der Waals surface area contributed by atoms with Crippen LogP contribution in [-0.2, 0) is 31.7 Å². The van der Waals surface area contributed by atoms with Gasteiger partial charge in [0.2, 0.25) is 16.7 Å². The van der Waals surface area contributed by atoms with E-state index in [9.17, 15) is 23.9 Å². The summed E-state index contributed by atoms with van der Waals surface area (Å²) in [6.45, 7) is 4.99. The van der Waals surface area contributed by atoms with Gasteiger partial charge in [-0.15, -0.1) is 0 Å². The molecule has 2 unspecified atom stereocenters. The number of nitrogens with zero attached hydrogens (tertiary/aromatic N) is 2. The predicted octanol–water partition coefficient (Wildman–Crippen LogP) is 4.88. The first-order chi connectivity index (χ1) is 17.3. The van der Waals surface area contributed by atoms with Crippen LogP contribution in [0.1, 0.15) is 32.8 Å². The molecule has 0 saturated carbocycles. The highest BCUT2D eigenvalue weighted by molar-refractivity contribution is 7.84. The molecule has 12 heteroatoms. The zero-order valence-corrected chi connectivity index (χ0v) is 22.9. The number of β-lactam (4-membered cyclic amide) rings is 1. The van der Waals surface area contributed by atoms with Crippen molar-refractivity contribution in [2.24, 2.45) is 5.41 Å². The van der Waals surface area contributed by atoms with Crippen molar-refractivity contribution >= 4 is 57.0 Å². The topological polar surface area (TPSA) is 116 Å². The molecule has 3 rings (SSSR count). The number of thiocarbonyl (C=S) groups is 1. The highest BCUT2D eigenvalue weighted by Crippen LogP contribution is 2.34. The fourth-order valence-electron chi connectivity index (χ4n) is 3.23. The average molecular weight is 565 g/mol. The summed E-state index contributed by atoms with van der Waals surface area (Å²) < 4.78 is 23.5. The Kier molecular flexibility index (Phi) is 8.83. The van der Waals surface area contributed by atoms with E-state index < -0.39 is 32.4 Å². The zero-order valence-electron chi connectivity index (χ0n) is 20.6. The van der Waals surface area contributed by atoms with Gasteiger partial charge in [-0.2, -0.15) is 0 Å². The fourth-order valence-corrected chi connectivity index (χ4v) is 4.34. The number of allylic oxidation sites excluding steroid dienone is 1. The van der Waals surface area contributed by atoms with Gasteiger partial charge in [0.25, 0.3) is 5.69 Å². The van der Waals surface area contributed by atoms with Gasteiger partial charge in [-0.05, 0) is 54.2 Å². The first-order valence-corrected chi connectivity index (χ1v) is 13.5. The van der Waals surface area contributed by atoms with Crippen LogP contribution in [0.25, 0.3) is 0 Å². The monoisotopic (exact) mass is 564 g/mol. The largest absolute Gasteiger partial charge is 0.477 e. The van der Waals surface area contributed by atoms with Crippen LogP contribution in [0.5, 0.6) is 5.75 Å². The summed E-state index contributed by atoms with van der Waals surface area (Å²) in [6, 6.07) is 12.0. The van der Waals surface area contributed by atoms with Crippen molar-refractivity contribution in [2.45, 2.75) is 44.2 Å². The molecular weight excluding hydrogens is 540 g/mol. The molecule has 1 saturated heterocycles. The first kappa shape index (κ1) is 28.4. The molecule has 196 valence electrons. The van der Waals surface area contributed by atoms with E-state index in [-0.39, 0.29) is 46.9 Å². The molecule has 2 atom stereocenters. The molecule has 1 amide bonds. The van der Waals surface area contributed by atoms with Crippen LogP contribution in [0, 0.1) is 15.5 Å². The van der Waals surface area contributed by atoms with Gasteiger partial charge in [0.05, 0.1) is 11.3 Å². The maximum atomic E-state index is 13.5. The zero-order chi connectivity index (χ0) is 27.5. The van der Waals surface area contributed by atoms with Crippen molar-refractivity contribution in [3.63, 3.8) is 0 Å². The average Bonchev–Trinajstić information content (AvgIpc) is 2.84. The van der Waals surface area contributed by atoms with Crippen LogP contribution in [0.4, 0.5) is 5.69 Å². The number of Topliss-reactive ketones (excluding diaryl/α,β-unsaturated/α-hetero) is 1. The van der Waals surface area contributed by atoms with Crippen molar-refractivity contribution in [3.8, 4) is 5.75 Å². The Bertz CT molecular complexity index is 1290. The summed E-state index contributed by atoms with van der Waals surface area (Å²) in [4.78, 5) is 38.2. The molecule has 1 aliphatic heterocycles. The quantitative estimate of drug-likeness (QED) is 0.0618. The molecule has 37 heavy (non-hydrogen) atoms. The molecule has 0 aromatic heterocycles. The van der Waals surface area contributed by atoms with Gasteiger partial charge >= 0.3 is 0 Å². The number of alkyl halides is 1. The number of likely N-dealkylation sites (tertiary alicyclic amines) is 1. The Morgan fingerprint density at radius 2 is 1.78 bits per heavy atom. The van der Waals surface area contributed by atoms with E-state index in [1.54, 1.807) is 51.3 Å². The van der Waals surface area contributed by atoms with Crippen LogP contribution in [0.2, 0.25) is 0 Å². The third kappa shape index (κ3) is 6.79. The van der Waals surface area contributed by atoms with Gasteiger partial charge in [0, 0.05) is 39.5 Å². The second-order valence-electron chi connectivity index (χ2n) is 9.19.